The van der Waals surface area contributed by atoms with Crippen molar-refractivity contribution in [3.05, 3.63) is 42.1 Å². The first-order chi connectivity index (χ1) is 10.2. The van der Waals surface area contributed by atoms with E-state index in [0.717, 1.165) is 5.56 Å². The van der Waals surface area contributed by atoms with E-state index in [0.29, 0.717) is 23.0 Å². The molecule has 1 aromatic carbocycles. The average Bonchev–Trinajstić information content (AvgIpc) is 2.49. The van der Waals surface area contributed by atoms with Gasteiger partial charge in [-0.3, -0.25) is 5.32 Å². The maximum Gasteiger partial charge on any atom is 0.325 e. The highest BCUT2D eigenvalue weighted by molar-refractivity contribution is 6.01. The van der Waals surface area contributed by atoms with Gasteiger partial charge in [-0.1, -0.05) is 12.1 Å². The number of methoxy groups -OCH3 is 2. The Bertz CT molecular complexity index is 622. The molecular formula is C15H17N3O3. The van der Waals surface area contributed by atoms with Gasteiger partial charge in [-0.2, -0.15) is 0 Å². The molecule has 2 N–H and O–H groups in total. The van der Waals surface area contributed by atoms with E-state index in [2.05, 4.69) is 15.6 Å². The summed E-state index contributed by atoms with van der Waals surface area (Å²) in [6, 6.07) is 8.52. The van der Waals surface area contributed by atoms with Crippen LogP contribution in [0.5, 0.6) is 11.5 Å². The minimum absolute atomic E-state index is 0.417. The molecular weight excluding hydrogens is 270 g/mol. The second-order valence-electron chi connectivity index (χ2n) is 4.29. The third kappa shape index (κ3) is 3.42. The van der Waals surface area contributed by atoms with Crippen molar-refractivity contribution in [1.82, 2.24) is 4.98 Å². The molecule has 0 radical (unpaired) electrons. The number of hydrogen-bond donors (Lipinski definition) is 2. The minimum Gasteiger partial charge on any atom is -0.494 e. The Morgan fingerprint density at radius 1 is 1.05 bits per heavy atom. The summed E-state index contributed by atoms with van der Waals surface area (Å²) in [7, 11) is 3.06. The third-order valence-corrected chi connectivity index (χ3v) is 2.91. The van der Waals surface area contributed by atoms with Gasteiger partial charge >= 0.3 is 6.03 Å². The molecule has 0 saturated carbocycles. The van der Waals surface area contributed by atoms with E-state index >= 15 is 0 Å². The summed E-state index contributed by atoms with van der Waals surface area (Å²) in [5.41, 5.74) is 1.34. The predicted octanol–water partition coefficient (Wildman–Crippen LogP) is 3.05. The van der Waals surface area contributed by atoms with Crippen LogP contribution in [-0.2, 0) is 0 Å². The molecule has 0 aliphatic heterocycles. The lowest BCUT2D eigenvalue weighted by Crippen LogP contribution is -2.21. The van der Waals surface area contributed by atoms with E-state index in [1.807, 2.05) is 19.1 Å². The highest BCUT2D eigenvalue weighted by Crippen LogP contribution is 2.34. The van der Waals surface area contributed by atoms with Crippen molar-refractivity contribution >= 4 is 17.5 Å². The predicted molar refractivity (Wildman–Crippen MR) is 81.2 cm³/mol. The van der Waals surface area contributed by atoms with Crippen molar-refractivity contribution in [3.63, 3.8) is 0 Å². The van der Waals surface area contributed by atoms with Crippen LogP contribution in [0.1, 0.15) is 5.56 Å². The molecule has 1 heterocycles. The third-order valence-electron chi connectivity index (χ3n) is 2.91. The van der Waals surface area contributed by atoms with Gasteiger partial charge in [0, 0.05) is 6.20 Å². The monoisotopic (exact) mass is 287 g/mol. The summed E-state index contributed by atoms with van der Waals surface area (Å²) >= 11 is 0. The number of ether oxygens (including phenoxy) is 2. The standard InChI is InChI=1S/C15H17N3O3/c1-10-6-5-9-16-14(10)18-15(19)17-13-11(20-2)7-4-8-12(13)21-3/h4-9H,1-3H3,(H2,16,17,18,19). The molecule has 1 aromatic heterocycles. The molecule has 0 bridgehead atoms. The van der Waals surface area contributed by atoms with E-state index in [4.69, 9.17) is 9.47 Å². The van der Waals surface area contributed by atoms with E-state index in [9.17, 15) is 4.79 Å². The number of nitrogens with one attached hydrogen (secondary N) is 2. The number of amides is 2. The smallest absolute Gasteiger partial charge is 0.325 e. The minimum atomic E-state index is -0.417. The summed E-state index contributed by atoms with van der Waals surface area (Å²) in [5, 5.41) is 5.41. The fraction of sp³-hybridized carbons (Fsp3) is 0.200. The lowest BCUT2D eigenvalue weighted by Gasteiger charge is -2.14. The van der Waals surface area contributed by atoms with Gasteiger partial charge in [-0.25, -0.2) is 9.78 Å². The largest absolute Gasteiger partial charge is 0.494 e. The van der Waals surface area contributed by atoms with E-state index in [-0.39, 0.29) is 0 Å². The zero-order valence-corrected chi connectivity index (χ0v) is 12.1. The molecule has 110 valence electrons. The fourth-order valence-corrected chi connectivity index (χ4v) is 1.84. The molecule has 0 unspecified atom stereocenters. The SMILES string of the molecule is COc1cccc(OC)c1NC(=O)Nc1ncccc1C. The van der Waals surface area contributed by atoms with Crippen molar-refractivity contribution in [3.8, 4) is 11.5 Å². The van der Waals surface area contributed by atoms with Crippen LogP contribution in [-0.4, -0.2) is 25.2 Å². The zero-order chi connectivity index (χ0) is 15.2. The number of carbonyl (C=O) groups excluding carboxylic acids is 1. The number of para-hydroxylation sites is 1. The van der Waals surface area contributed by atoms with Crippen LogP contribution in [0.3, 0.4) is 0 Å². The number of aryl methyl sites for hydroxylation is 1. The van der Waals surface area contributed by atoms with Gasteiger partial charge in [0.05, 0.1) is 14.2 Å². The van der Waals surface area contributed by atoms with Crippen molar-refractivity contribution in [2.24, 2.45) is 0 Å². The van der Waals surface area contributed by atoms with Crippen molar-refractivity contribution in [2.75, 3.05) is 24.9 Å². The Balaban J connectivity index is 2.18. The second kappa shape index (κ2) is 6.60. The van der Waals surface area contributed by atoms with Crippen molar-refractivity contribution in [1.29, 1.82) is 0 Å². The number of pyridine rings is 1. The Morgan fingerprint density at radius 3 is 2.29 bits per heavy atom. The van der Waals surface area contributed by atoms with Crippen molar-refractivity contribution < 1.29 is 14.3 Å². The topological polar surface area (TPSA) is 72.5 Å². The van der Waals surface area contributed by atoms with Crippen LogP contribution >= 0.6 is 0 Å². The molecule has 6 heteroatoms. The summed E-state index contributed by atoms with van der Waals surface area (Å²) in [6.45, 7) is 1.87. The van der Waals surface area contributed by atoms with Gasteiger partial charge in [-0.15, -0.1) is 0 Å². The Kier molecular flexibility index (Phi) is 4.61. The molecule has 0 saturated heterocycles. The average molecular weight is 287 g/mol. The van der Waals surface area contributed by atoms with Gasteiger partial charge in [0.2, 0.25) is 0 Å². The number of nitrogens with zero attached hydrogens (tertiary/aromatic N) is 1. The van der Waals surface area contributed by atoms with E-state index in [1.165, 1.54) is 14.2 Å². The molecule has 0 atom stereocenters. The maximum atomic E-state index is 12.1. The van der Waals surface area contributed by atoms with Crippen molar-refractivity contribution in [2.45, 2.75) is 6.92 Å². The highest BCUT2D eigenvalue weighted by Gasteiger charge is 2.13. The number of benzene rings is 1. The first-order valence-electron chi connectivity index (χ1n) is 6.36. The summed E-state index contributed by atoms with van der Waals surface area (Å²) < 4.78 is 10.4. The van der Waals surface area contributed by atoms with Gasteiger partial charge in [0.25, 0.3) is 0 Å². The quantitative estimate of drug-likeness (QED) is 0.906. The van der Waals surface area contributed by atoms with E-state index in [1.54, 1.807) is 24.4 Å². The number of aromatic nitrogens is 1. The Hall–Kier alpha value is -2.76. The number of carbonyl (C=O) groups is 1. The molecule has 0 aliphatic carbocycles. The van der Waals surface area contributed by atoms with Crippen LogP contribution in [0.25, 0.3) is 0 Å². The highest BCUT2D eigenvalue weighted by atomic mass is 16.5. The molecule has 2 aromatic rings. The molecule has 0 aliphatic rings. The number of rotatable bonds is 4. The van der Waals surface area contributed by atoms with Gasteiger partial charge in [0.15, 0.2) is 0 Å². The van der Waals surface area contributed by atoms with Crippen LogP contribution < -0.4 is 20.1 Å². The Labute approximate surface area is 123 Å². The zero-order valence-electron chi connectivity index (χ0n) is 12.1. The summed E-state index contributed by atoms with van der Waals surface area (Å²) in [5.74, 6) is 1.54. The first-order valence-corrected chi connectivity index (χ1v) is 6.36. The maximum absolute atomic E-state index is 12.1. The van der Waals surface area contributed by atoms with Crippen LogP contribution in [0.2, 0.25) is 0 Å². The lowest BCUT2D eigenvalue weighted by molar-refractivity contribution is 0.261. The van der Waals surface area contributed by atoms with Gasteiger partial charge in [-0.05, 0) is 30.7 Å². The molecule has 21 heavy (non-hydrogen) atoms. The molecule has 0 fully saturated rings. The van der Waals surface area contributed by atoms with Gasteiger partial charge in [0.1, 0.15) is 23.0 Å². The summed E-state index contributed by atoms with van der Waals surface area (Å²) in [6.07, 6.45) is 1.62. The first kappa shape index (κ1) is 14.6. The molecule has 2 amide bonds. The number of urea groups is 1. The van der Waals surface area contributed by atoms with Gasteiger partial charge < -0.3 is 14.8 Å². The van der Waals surface area contributed by atoms with Crippen LogP contribution in [0.15, 0.2) is 36.5 Å². The Morgan fingerprint density at radius 2 is 1.71 bits per heavy atom. The molecule has 2 rings (SSSR count). The second-order valence-corrected chi connectivity index (χ2v) is 4.29. The lowest BCUT2D eigenvalue weighted by atomic mass is 10.2. The number of anilines is 2. The van der Waals surface area contributed by atoms with E-state index < -0.39 is 6.03 Å². The molecule has 0 spiro atoms. The fourth-order valence-electron chi connectivity index (χ4n) is 1.84. The number of hydrogen-bond acceptors (Lipinski definition) is 4. The molecule has 6 nitrogen and oxygen atoms in total. The normalized spacial score (nSPS) is 9.86. The van der Waals surface area contributed by atoms with Crippen LogP contribution in [0, 0.1) is 6.92 Å². The summed E-state index contributed by atoms with van der Waals surface area (Å²) in [4.78, 5) is 16.2. The van der Waals surface area contributed by atoms with Crippen LogP contribution in [0.4, 0.5) is 16.3 Å².